The van der Waals surface area contributed by atoms with E-state index in [0.29, 0.717) is 16.7 Å². The number of aryl methyl sites for hydroxylation is 2. The monoisotopic (exact) mass is 368 g/mol. The van der Waals surface area contributed by atoms with E-state index in [9.17, 15) is 18.0 Å². The number of hydrogen-bond donors (Lipinski definition) is 1. The number of halogens is 4. The quantitative estimate of drug-likeness (QED) is 0.737. The van der Waals surface area contributed by atoms with Gasteiger partial charge in [0.05, 0.1) is 27.2 Å². The second-order valence-electron chi connectivity index (χ2n) is 5.42. The van der Waals surface area contributed by atoms with Crippen molar-refractivity contribution in [3.05, 3.63) is 52.3 Å². The average molecular weight is 369 g/mol. The summed E-state index contributed by atoms with van der Waals surface area (Å²) in [4.78, 5) is 16.6. The van der Waals surface area contributed by atoms with E-state index >= 15 is 0 Å². The van der Waals surface area contributed by atoms with Crippen molar-refractivity contribution in [1.29, 1.82) is 0 Å². The van der Waals surface area contributed by atoms with Crippen LogP contribution in [-0.2, 0) is 13.2 Å². The summed E-state index contributed by atoms with van der Waals surface area (Å²) in [7, 11) is 1.71. The summed E-state index contributed by atoms with van der Waals surface area (Å²) >= 11 is 6.30. The largest absolute Gasteiger partial charge is 0.416 e. The number of alkyl halides is 3. The summed E-state index contributed by atoms with van der Waals surface area (Å²) in [6.45, 7) is 1.74. The number of hydrogen-bond acceptors (Lipinski definition) is 3. The second kappa shape index (κ2) is 6.03. The Morgan fingerprint density at radius 1 is 1.24 bits per heavy atom. The van der Waals surface area contributed by atoms with Crippen LogP contribution in [0.25, 0.3) is 11.0 Å². The van der Waals surface area contributed by atoms with Gasteiger partial charge in [-0.05, 0) is 31.2 Å². The van der Waals surface area contributed by atoms with Gasteiger partial charge >= 0.3 is 6.18 Å². The van der Waals surface area contributed by atoms with Crippen molar-refractivity contribution < 1.29 is 18.0 Å². The van der Waals surface area contributed by atoms with Crippen molar-refractivity contribution in [3.8, 4) is 0 Å². The summed E-state index contributed by atoms with van der Waals surface area (Å²) < 4.78 is 39.3. The zero-order valence-corrected chi connectivity index (χ0v) is 13.9. The minimum Gasteiger partial charge on any atom is -0.322 e. The van der Waals surface area contributed by atoms with Gasteiger partial charge in [0, 0.05) is 18.9 Å². The molecule has 0 unspecified atom stereocenters. The van der Waals surface area contributed by atoms with Crippen molar-refractivity contribution in [3.63, 3.8) is 0 Å². The molecule has 0 spiro atoms. The van der Waals surface area contributed by atoms with Gasteiger partial charge in [-0.3, -0.25) is 9.48 Å². The lowest BCUT2D eigenvalue weighted by Crippen LogP contribution is -2.13. The molecule has 9 heteroatoms. The Morgan fingerprint density at radius 2 is 1.88 bits per heavy atom. The number of fused-ring (bicyclic) bond motifs is 1. The van der Waals surface area contributed by atoms with Gasteiger partial charge < -0.3 is 5.32 Å². The normalized spacial score (nSPS) is 11.8. The first-order valence-corrected chi connectivity index (χ1v) is 7.52. The highest BCUT2D eigenvalue weighted by molar-refractivity contribution is 6.39. The molecule has 0 aliphatic rings. The highest BCUT2D eigenvalue weighted by Crippen LogP contribution is 2.31. The Balaban J connectivity index is 1.90. The van der Waals surface area contributed by atoms with Crippen LogP contribution in [0.4, 0.5) is 18.9 Å². The molecule has 2 heterocycles. The Labute approximate surface area is 145 Å². The van der Waals surface area contributed by atoms with Crippen LogP contribution in [0.5, 0.6) is 0 Å². The molecule has 0 aliphatic heterocycles. The number of amides is 1. The minimum absolute atomic E-state index is 0.116. The Hall–Kier alpha value is -2.61. The zero-order chi connectivity index (χ0) is 18.4. The average Bonchev–Trinajstić information content (AvgIpc) is 2.82. The molecule has 3 aromatic rings. The van der Waals surface area contributed by atoms with Crippen LogP contribution in [0.1, 0.15) is 21.6 Å². The van der Waals surface area contributed by atoms with Gasteiger partial charge in [0.2, 0.25) is 0 Å². The van der Waals surface area contributed by atoms with E-state index in [1.807, 2.05) is 0 Å². The number of aromatic nitrogens is 3. The first-order chi connectivity index (χ1) is 11.7. The van der Waals surface area contributed by atoms with Crippen molar-refractivity contribution >= 4 is 34.2 Å². The SMILES string of the molecule is Cc1nn(C)c2ncc(C(=O)Nc3ccc(C(F)(F)F)cc3)c(Cl)c12. The van der Waals surface area contributed by atoms with Gasteiger partial charge in [0.1, 0.15) is 0 Å². The molecule has 1 aromatic carbocycles. The number of carbonyl (C=O) groups is 1. The molecule has 2 aromatic heterocycles. The smallest absolute Gasteiger partial charge is 0.322 e. The number of rotatable bonds is 2. The highest BCUT2D eigenvalue weighted by atomic mass is 35.5. The Morgan fingerprint density at radius 3 is 2.48 bits per heavy atom. The standard InChI is InChI=1S/C16H12ClF3N4O/c1-8-12-13(17)11(7-21-14(12)24(2)23-8)15(25)22-10-5-3-9(4-6-10)16(18,19)20/h3-7H,1-2H3,(H,22,25). The topological polar surface area (TPSA) is 59.8 Å². The second-order valence-corrected chi connectivity index (χ2v) is 5.80. The lowest BCUT2D eigenvalue weighted by atomic mass is 10.1. The number of nitrogens with one attached hydrogen (secondary N) is 1. The Bertz CT molecular complexity index is 964. The zero-order valence-electron chi connectivity index (χ0n) is 13.1. The third-order valence-electron chi connectivity index (χ3n) is 3.68. The van der Waals surface area contributed by atoms with Crippen LogP contribution in [0.15, 0.2) is 30.5 Å². The molecule has 3 rings (SSSR count). The van der Waals surface area contributed by atoms with E-state index in [-0.39, 0.29) is 16.3 Å². The van der Waals surface area contributed by atoms with E-state index < -0.39 is 17.6 Å². The molecule has 0 radical (unpaired) electrons. The fraction of sp³-hybridized carbons (Fsp3) is 0.188. The molecule has 0 aliphatic carbocycles. The summed E-state index contributed by atoms with van der Waals surface area (Å²) in [6.07, 6.45) is -3.12. The maximum Gasteiger partial charge on any atom is 0.416 e. The maximum absolute atomic E-state index is 12.6. The van der Waals surface area contributed by atoms with Gasteiger partial charge in [0.15, 0.2) is 5.65 Å². The number of nitrogens with zero attached hydrogens (tertiary/aromatic N) is 3. The van der Waals surface area contributed by atoms with Crippen molar-refractivity contribution in [2.75, 3.05) is 5.32 Å². The summed E-state index contributed by atoms with van der Waals surface area (Å²) in [5, 5.41) is 7.46. The van der Waals surface area contributed by atoms with Crippen LogP contribution < -0.4 is 5.32 Å². The maximum atomic E-state index is 12.6. The molecule has 1 amide bonds. The van der Waals surface area contributed by atoms with Crippen molar-refractivity contribution in [2.24, 2.45) is 7.05 Å². The molecule has 0 bridgehead atoms. The molecule has 0 fully saturated rings. The first-order valence-electron chi connectivity index (χ1n) is 7.15. The van der Waals surface area contributed by atoms with Gasteiger partial charge in [-0.2, -0.15) is 18.3 Å². The van der Waals surface area contributed by atoms with Crippen LogP contribution in [0.2, 0.25) is 5.02 Å². The number of benzene rings is 1. The Kier molecular flexibility index (Phi) is 4.16. The van der Waals surface area contributed by atoms with E-state index in [2.05, 4.69) is 15.4 Å². The van der Waals surface area contributed by atoms with Gasteiger partial charge in [-0.15, -0.1) is 0 Å². The third kappa shape index (κ3) is 3.17. The number of carbonyl (C=O) groups excluding carboxylic acids is 1. The van der Waals surface area contributed by atoms with E-state index in [4.69, 9.17) is 11.6 Å². The first kappa shape index (κ1) is 17.2. The predicted molar refractivity (Wildman–Crippen MR) is 87.7 cm³/mol. The van der Waals surface area contributed by atoms with Gasteiger partial charge in [0.25, 0.3) is 5.91 Å². The highest BCUT2D eigenvalue weighted by Gasteiger charge is 2.30. The van der Waals surface area contributed by atoms with E-state index in [0.717, 1.165) is 12.1 Å². The summed E-state index contributed by atoms with van der Waals surface area (Å²) in [5.74, 6) is -0.567. The van der Waals surface area contributed by atoms with Crippen molar-refractivity contribution in [1.82, 2.24) is 14.8 Å². The van der Waals surface area contributed by atoms with Crippen molar-refractivity contribution in [2.45, 2.75) is 13.1 Å². The molecule has 25 heavy (non-hydrogen) atoms. The molecule has 0 saturated heterocycles. The fourth-order valence-corrected chi connectivity index (χ4v) is 2.82. The lowest BCUT2D eigenvalue weighted by molar-refractivity contribution is -0.137. The fourth-order valence-electron chi connectivity index (χ4n) is 2.47. The number of pyridine rings is 1. The molecular weight excluding hydrogens is 357 g/mol. The minimum atomic E-state index is -4.43. The summed E-state index contributed by atoms with van der Waals surface area (Å²) in [5.41, 5.74) is 0.701. The molecule has 0 saturated carbocycles. The molecular formula is C16H12ClF3N4O. The van der Waals surface area contributed by atoms with Gasteiger partial charge in [-0.1, -0.05) is 11.6 Å². The lowest BCUT2D eigenvalue weighted by Gasteiger charge is -2.10. The molecule has 1 N–H and O–H groups in total. The predicted octanol–water partition coefficient (Wildman–Crippen LogP) is 4.20. The van der Waals surface area contributed by atoms with Crippen LogP contribution in [0, 0.1) is 6.92 Å². The summed E-state index contributed by atoms with van der Waals surface area (Å²) in [6, 6.07) is 4.14. The molecule has 5 nitrogen and oxygen atoms in total. The van der Waals surface area contributed by atoms with E-state index in [1.54, 1.807) is 18.7 Å². The molecule has 130 valence electrons. The molecule has 0 atom stereocenters. The van der Waals surface area contributed by atoms with Crippen LogP contribution in [-0.4, -0.2) is 20.7 Å². The third-order valence-corrected chi connectivity index (χ3v) is 4.07. The van der Waals surface area contributed by atoms with Crippen LogP contribution in [0.3, 0.4) is 0 Å². The number of anilines is 1. The van der Waals surface area contributed by atoms with Crippen LogP contribution >= 0.6 is 11.6 Å². The van der Waals surface area contributed by atoms with E-state index in [1.165, 1.54) is 18.3 Å². The van der Waals surface area contributed by atoms with Gasteiger partial charge in [-0.25, -0.2) is 4.98 Å².